The molecule has 2 rings (SSSR count). The number of rotatable bonds is 12. The fraction of sp³-hybridized carbons (Fsp3) is 0.700. The number of carboxylic acid groups (broad SMARTS) is 1. The summed E-state index contributed by atoms with van der Waals surface area (Å²) < 4.78 is 20.6. The maximum Gasteiger partial charge on any atom is 0.328 e. The molecule has 0 spiro atoms. The number of aliphatic carboxylic acids is 1. The number of aromatic nitrogens is 2. The molecule has 0 radical (unpaired) electrons. The van der Waals surface area contributed by atoms with E-state index in [-0.39, 0.29) is 0 Å². The fourth-order valence-corrected chi connectivity index (χ4v) is 3.90. The Hall–Kier alpha value is -2.04. The van der Waals surface area contributed by atoms with Crippen LogP contribution >= 0.6 is 11.7 Å². The summed E-state index contributed by atoms with van der Waals surface area (Å²) in [7, 11) is 2.00. The molecule has 3 N–H and O–H groups in total. The van der Waals surface area contributed by atoms with Crippen molar-refractivity contribution in [3.63, 3.8) is 0 Å². The highest BCUT2D eigenvalue weighted by Gasteiger charge is 2.37. The summed E-state index contributed by atoms with van der Waals surface area (Å²) in [6.45, 7) is 5.97. The van der Waals surface area contributed by atoms with Crippen molar-refractivity contribution in [1.82, 2.24) is 8.75 Å². The van der Waals surface area contributed by atoms with Gasteiger partial charge >= 0.3 is 11.9 Å². The number of hydrogen-bond donors (Lipinski definition) is 2. The first kappa shape index (κ1) is 24.2. The van der Waals surface area contributed by atoms with Gasteiger partial charge in [0.15, 0.2) is 0 Å². The number of ether oxygens (including phenoxy) is 2. The van der Waals surface area contributed by atoms with E-state index in [0.717, 1.165) is 48.8 Å². The fourth-order valence-electron chi connectivity index (χ4n) is 3.37. The third kappa shape index (κ3) is 6.75. The SMILES string of the molecule is CCCCCCOc1nsnc1C1=CCC[N+](C)(C(C)OC(=O)[C@@H](N)CC(=O)O)C1. The summed E-state index contributed by atoms with van der Waals surface area (Å²) in [5, 5.41) is 8.81. The van der Waals surface area contributed by atoms with E-state index >= 15 is 0 Å². The number of carboxylic acids is 1. The molecule has 0 saturated heterocycles. The zero-order chi connectivity index (χ0) is 22.1. The Labute approximate surface area is 181 Å². The van der Waals surface area contributed by atoms with Crippen molar-refractivity contribution in [2.24, 2.45) is 5.73 Å². The van der Waals surface area contributed by atoms with Crippen molar-refractivity contribution in [3.05, 3.63) is 11.8 Å². The van der Waals surface area contributed by atoms with Gasteiger partial charge in [-0.2, -0.15) is 4.37 Å². The Bertz CT molecular complexity index is 753. The van der Waals surface area contributed by atoms with Crippen LogP contribution in [0.15, 0.2) is 6.08 Å². The van der Waals surface area contributed by atoms with E-state index in [1.807, 2.05) is 7.05 Å². The average molecular weight is 442 g/mol. The second kappa shape index (κ2) is 11.4. The van der Waals surface area contributed by atoms with Crippen molar-refractivity contribution in [1.29, 1.82) is 0 Å². The van der Waals surface area contributed by atoms with Gasteiger partial charge in [-0.25, -0.2) is 0 Å². The third-order valence-electron chi connectivity index (χ3n) is 5.42. The largest absolute Gasteiger partial charge is 0.481 e. The Kier molecular flexibility index (Phi) is 9.19. The van der Waals surface area contributed by atoms with Crippen LogP contribution in [0.1, 0.15) is 58.1 Å². The Morgan fingerprint density at radius 2 is 2.10 bits per heavy atom. The minimum atomic E-state index is -1.17. The molecule has 168 valence electrons. The smallest absolute Gasteiger partial charge is 0.328 e. The molecule has 0 aliphatic carbocycles. The van der Waals surface area contributed by atoms with E-state index in [4.69, 9.17) is 20.3 Å². The Balaban J connectivity index is 1.99. The zero-order valence-electron chi connectivity index (χ0n) is 18.0. The van der Waals surface area contributed by atoms with Gasteiger partial charge in [-0.05, 0) is 6.42 Å². The van der Waals surface area contributed by atoms with Crippen LogP contribution in [0.2, 0.25) is 0 Å². The van der Waals surface area contributed by atoms with Crippen molar-refractivity contribution < 1.29 is 28.7 Å². The molecular weight excluding hydrogens is 408 g/mol. The Morgan fingerprint density at radius 3 is 2.80 bits per heavy atom. The molecule has 1 aromatic rings. The molecule has 9 nitrogen and oxygen atoms in total. The summed E-state index contributed by atoms with van der Waals surface area (Å²) >= 11 is 1.13. The summed E-state index contributed by atoms with van der Waals surface area (Å²) in [5.74, 6) is -1.27. The first-order valence-electron chi connectivity index (χ1n) is 10.4. The number of hydrogen-bond acceptors (Lipinski definition) is 8. The maximum atomic E-state index is 12.2. The van der Waals surface area contributed by atoms with Crippen LogP contribution in [0.4, 0.5) is 0 Å². The van der Waals surface area contributed by atoms with Gasteiger partial charge in [0.05, 0.1) is 38.3 Å². The van der Waals surface area contributed by atoms with Gasteiger partial charge in [0, 0.05) is 18.9 Å². The van der Waals surface area contributed by atoms with Crippen LogP contribution in [-0.2, 0) is 14.3 Å². The van der Waals surface area contributed by atoms with E-state index in [2.05, 4.69) is 21.7 Å². The molecule has 1 aliphatic heterocycles. The van der Waals surface area contributed by atoms with Gasteiger partial charge in [-0.3, -0.25) is 14.1 Å². The van der Waals surface area contributed by atoms with Crippen LogP contribution in [0.3, 0.4) is 0 Å². The van der Waals surface area contributed by atoms with Gasteiger partial charge < -0.3 is 20.3 Å². The maximum absolute atomic E-state index is 12.2. The van der Waals surface area contributed by atoms with Crippen molar-refractivity contribution >= 4 is 29.2 Å². The molecule has 0 amide bonds. The molecule has 0 fully saturated rings. The van der Waals surface area contributed by atoms with Gasteiger partial charge in [0.1, 0.15) is 18.3 Å². The lowest BCUT2D eigenvalue weighted by Crippen LogP contribution is -2.56. The average Bonchev–Trinajstić information content (AvgIpc) is 3.16. The second-order valence-electron chi connectivity index (χ2n) is 7.95. The highest BCUT2D eigenvalue weighted by Crippen LogP contribution is 2.31. The first-order chi connectivity index (χ1) is 14.3. The first-order valence-corrected chi connectivity index (χ1v) is 11.2. The molecule has 0 saturated carbocycles. The van der Waals surface area contributed by atoms with Crippen LogP contribution in [0.5, 0.6) is 5.88 Å². The number of nitrogens with two attached hydrogens (primary N) is 1. The predicted octanol–water partition coefficient (Wildman–Crippen LogP) is 2.42. The van der Waals surface area contributed by atoms with E-state index in [1.54, 1.807) is 6.92 Å². The number of likely N-dealkylation sites (N-methyl/N-ethyl adjacent to an activating group) is 1. The number of carbonyl (C=O) groups excluding carboxylic acids is 1. The quantitative estimate of drug-likeness (QED) is 0.288. The summed E-state index contributed by atoms with van der Waals surface area (Å²) in [6, 6.07) is -1.17. The molecule has 0 bridgehead atoms. The molecule has 1 aromatic heterocycles. The summed E-state index contributed by atoms with van der Waals surface area (Å²) in [6.07, 6.45) is 6.48. The minimum absolute atomic E-state index is 0.449. The van der Waals surface area contributed by atoms with Crippen molar-refractivity contribution in [3.8, 4) is 5.88 Å². The number of quaternary nitrogens is 1. The van der Waals surface area contributed by atoms with Crippen LogP contribution in [0, 0.1) is 0 Å². The molecule has 3 atom stereocenters. The van der Waals surface area contributed by atoms with Crippen LogP contribution in [-0.4, -0.2) is 69.3 Å². The zero-order valence-corrected chi connectivity index (χ0v) is 18.8. The number of esters is 1. The lowest BCUT2D eigenvalue weighted by molar-refractivity contribution is -0.944. The molecule has 2 unspecified atom stereocenters. The van der Waals surface area contributed by atoms with Gasteiger partial charge in [0.2, 0.25) is 6.23 Å². The summed E-state index contributed by atoms with van der Waals surface area (Å²) in [5.41, 5.74) is 7.40. The highest BCUT2D eigenvalue weighted by atomic mass is 32.1. The summed E-state index contributed by atoms with van der Waals surface area (Å²) in [4.78, 5) is 22.9. The van der Waals surface area contributed by atoms with Gasteiger partial charge in [-0.1, -0.05) is 32.3 Å². The molecule has 2 heterocycles. The highest BCUT2D eigenvalue weighted by molar-refractivity contribution is 6.99. The molecular formula is C20H33N4O5S+. The van der Waals surface area contributed by atoms with Crippen LogP contribution < -0.4 is 10.5 Å². The Morgan fingerprint density at radius 1 is 1.33 bits per heavy atom. The second-order valence-corrected chi connectivity index (χ2v) is 8.48. The standard InChI is InChI=1S/C20H32N4O5S/c1-4-5-6-7-11-28-19-18(22-30-23-19)15-9-8-10-24(3,13-15)14(2)29-20(27)16(21)12-17(25)26/h9,14,16H,4-8,10-13,21H2,1-3H3/p+1/t14?,16-,24?/m0/s1. The monoisotopic (exact) mass is 441 g/mol. The van der Waals surface area contributed by atoms with E-state index in [0.29, 0.717) is 23.5 Å². The van der Waals surface area contributed by atoms with E-state index < -0.39 is 30.6 Å². The molecule has 30 heavy (non-hydrogen) atoms. The predicted molar refractivity (Wildman–Crippen MR) is 114 cm³/mol. The van der Waals surface area contributed by atoms with Crippen LogP contribution in [0.25, 0.3) is 5.57 Å². The molecule has 1 aliphatic rings. The van der Waals surface area contributed by atoms with E-state index in [9.17, 15) is 9.59 Å². The lowest BCUT2D eigenvalue weighted by atomic mass is 10.0. The number of carbonyl (C=O) groups is 2. The third-order valence-corrected chi connectivity index (χ3v) is 5.93. The minimum Gasteiger partial charge on any atom is -0.481 e. The van der Waals surface area contributed by atoms with Gasteiger partial charge in [0.25, 0.3) is 5.88 Å². The van der Waals surface area contributed by atoms with E-state index in [1.165, 1.54) is 12.8 Å². The van der Waals surface area contributed by atoms with Gasteiger partial charge in [-0.15, -0.1) is 4.37 Å². The lowest BCUT2D eigenvalue weighted by Gasteiger charge is -2.41. The van der Waals surface area contributed by atoms with Crippen molar-refractivity contribution in [2.75, 3.05) is 26.7 Å². The molecule has 10 heteroatoms. The normalized spacial score (nSPS) is 20.9. The topological polar surface area (TPSA) is 125 Å². The number of nitrogens with zero attached hydrogens (tertiary/aromatic N) is 3. The molecule has 0 aromatic carbocycles. The van der Waals surface area contributed by atoms with Crippen molar-refractivity contribution in [2.45, 2.75) is 64.6 Å². The number of unbranched alkanes of at least 4 members (excludes halogenated alkanes) is 3.